The lowest BCUT2D eigenvalue weighted by atomic mass is 9.98. The van der Waals surface area contributed by atoms with E-state index in [-0.39, 0.29) is 107 Å². The van der Waals surface area contributed by atoms with Gasteiger partial charge >= 0.3 is 40.5 Å². The molecule has 34 heteroatoms. The van der Waals surface area contributed by atoms with E-state index in [1.165, 1.54) is 91.6 Å². The van der Waals surface area contributed by atoms with Gasteiger partial charge in [0.25, 0.3) is 0 Å². The zero-order valence-electron chi connectivity index (χ0n) is 80.6. The largest absolute Gasteiger partial charge is 0.508 e. The number of rotatable bonds is 32. The predicted octanol–water partition coefficient (Wildman–Crippen LogP) is 25.0. The van der Waals surface area contributed by atoms with Crippen LogP contribution < -0.4 is 49.9 Å². The van der Waals surface area contributed by atoms with Gasteiger partial charge in [-0.1, -0.05) is 170 Å². The number of Topliss-reactive ketones (excluding diaryl/α,β-unsaturated/α-hetero) is 2. The van der Waals surface area contributed by atoms with Crippen LogP contribution in [-0.4, -0.2) is 120 Å². The minimum absolute atomic E-state index is 0.0156. The molecule has 0 aliphatic heterocycles. The van der Waals surface area contributed by atoms with Crippen LogP contribution in [0.4, 0.5) is 0 Å². The molecule has 13 aromatic rings. The lowest BCUT2D eigenvalue weighted by Crippen LogP contribution is -2.13. The van der Waals surface area contributed by atoms with E-state index in [1.54, 1.807) is 160 Å². The number of aromatic hydroxyl groups is 1. The second-order valence-electron chi connectivity index (χ2n) is 32.9. The topological polar surface area (TPSA) is 355 Å². The van der Waals surface area contributed by atoms with Crippen molar-refractivity contribution in [2.45, 2.75) is 173 Å². The van der Waals surface area contributed by atoms with E-state index < -0.39 is 40.5 Å². The molecule has 0 bridgehead atoms. The molecule has 3 heterocycles. The SMILES string of the molecule is COc1cc(C(C)C)c(O)cc1-c1cscn1.COc1cc(C(C)C)c(OCC#N)cc1-c1cscn1.COc1cc(C(C)C)c(OS(=O)(=O)c2ccc(C)cc2)cc1-c1cscn1.COc1cc(C(C)C)c(OS(=O)(=O)c2ccc(C)cc2)cc1C(=O)CBr.COc1cc(C(C)C)c(OS(=O)(=O)c2ccc(C)cc2)cc1C(C)=O.COc1ccc(OS(=O)(=O)c2ccc(C)cc2)c(C(C)C)c1. The number of nitrogens with zero attached hydrogens (tertiary/aromatic N) is 4. The number of alkyl halides is 1. The highest BCUT2D eigenvalue weighted by atomic mass is 79.9. The van der Waals surface area contributed by atoms with Crippen LogP contribution in [0.1, 0.15) is 202 Å². The number of ketones is 2. The first-order chi connectivity index (χ1) is 64.8. The molecule has 0 unspecified atom stereocenters. The molecule has 0 radical (unpaired) electrons. The third-order valence-corrected chi connectivity index (χ3v) is 28.1. The van der Waals surface area contributed by atoms with Crippen LogP contribution in [0, 0.1) is 39.0 Å². The number of thiazole rings is 3. The number of phenols is 1. The number of ether oxygens (including phenoxy) is 7. The van der Waals surface area contributed by atoms with Crippen LogP contribution in [0.25, 0.3) is 33.8 Å². The summed E-state index contributed by atoms with van der Waals surface area (Å²) in [4.78, 5) is 37.3. The van der Waals surface area contributed by atoms with E-state index in [0.717, 1.165) is 78.5 Å². The number of aromatic nitrogens is 3. The van der Waals surface area contributed by atoms with Crippen LogP contribution in [0.3, 0.4) is 0 Å². The molecule has 0 aliphatic rings. The summed E-state index contributed by atoms with van der Waals surface area (Å²) in [5.74, 6) is 5.69. The lowest BCUT2D eigenvalue weighted by molar-refractivity contribution is 0.100. The first kappa shape index (κ1) is 110. The highest BCUT2D eigenvalue weighted by Gasteiger charge is 2.29. The van der Waals surface area contributed by atoms with Gasteiger partial charge in [-0.25, -0.2) is 15.0 Å². The van der Waals surface area contributed by atoms with Crippen molar-refractivity contribution in [2.24, 2.45) is 0 Å². The summed E-state index contributed by atoms with van der Waals surface area (Å²) in [6, 6.07) is 50.2. The molecular formula is C103H115BrN4O22S7. The van der Waals surface area contributed by atoms with E-state index in [4.69, 9.17) is 55.2 Å². The smallest absolute Gasteiger partial charge is 0.339 e. The van der Waals surface area contributed by atoms with Gasteiger partial charge in [0.05, 0.1) is 92.7 Å². The van der Waals surface area contributed by atoms with E-state index in [2.05, 4.69) is 44.7 Å². The lowest BCUT2D eigenvalue weighted by Gasteiger charge is -2.17. The van der Waals surface area contributed by atoms with Gasteiger partial charge in [-0.3, -0.25) is 9.59 Å². The van der Waals surface area contributed by atoms with Crippen molar-refractivity contribution in [3.8, 4) is 109 Å². The number of phenolic OH excluding ortho intramolecular Hbond substituents is 1. The van der Waals surface area contributed by atoms with Gasteiger partial charge < -0.3 is 55.0 Å². The van der Waals surface area contributed by atoms with Gasteiger partial charge in [-0.15, -0.1) is 34.0 Å². The molecule has 10 aromatic carbocycles. The first-order valence-corrected chi connectivity index (χ1v) is 52.6. The van der Waals surface area contributed by atoms with E-state index in [0.29, 0.717) is 62.6 Å². The number of hydrogen-bond donors (Lipinski definition) is 1. The van der Waals surface area contributed by atoms with Gasteiger partial charge in [-0.2, -0.15) is 38.9 Å². The Hall–Kier alpha value is -12.2. The fourth-order valence-corrected chi connectivity index (χ4v) is 19.1. The number of hydrogen-bond acceptors (Lipinski definition) is 29. The normalized spacial score (nSPS) is 11.2. The Morgan fingerprint density at radius 1 is 0.358 bits per heavy atom. The Balaban J connectivity index is 0.000000203. The molecule has 728 valence electrons. The van der Waals surface area contributed by atoms with Crippen LogP contribution >= 0.6 is 49.9 Å². The Labute approximate surface area is 825 Å². The Morgan fingerprint density at radius 3 is 0.942 bits per heavy atom. The first-order valence-electron chi connectivity index (χ1n) is 43.1. The highest BCUT2D eigenvalue weighted by Crippen LogP contribution is 2.45. The van der Waals surface area contributed by atoms with Crippen molar-refractivity contribution in [3.63, 3.8) is 0 Å². The molecule has 0 atom stereocenters. The van der Waals surface area contributed by atoms with Crippen LogP contribution in [-0.2, 0) is 40.5 Å². The second-order valence-corrected chi connectivity index (χ2v) is 41.8. The van der Waals surface area contributed by atoms with Crippen molar-refractivity contribution in [3.05, 3.63) is 275 Å². The maximum absolute atomic E-state index is 12.8. The van der Waals surface area contributed by atoms with Gasteiger partial charge in [0.2, 0.25) is 0 Å². The summed E-state index contributed by atoms with van der Waals surface area (Å²) >= 11 is 7.63. The summed E-state index contributed by atoms with van der Waals surface area (Å²) in [6.45, 7) is 32.7. The van der Waals surface area contributed by atoms with Crippen molar-refractivity contribution in [2.75, 3.05) is 54.6 Å². The molecule has 0 saturated heterocycles. The molecule has 137 heavy (non-hydrogen) atoms. The number of carbonyl (C=O) groups excluding carboxylic acids is 2. The van der Waals surface area contributed by atoms with E-state index in [1.807, 2.05) is 143 Å². The maximum Gasteiger partial charge on any atom is 0.339 e. The van der Waals surface area contributed by atoms with Crippen LogP contribution in [0.15, 0.2) is 228 Å². The zero-order valence-corrected chi connectivity index (χ0v) is 87.9. The number of carbonyl (C=O) groups is 2. The Kier molecular flexibility index (Phi) is 40.4. The predicted molar refractivity (Wildman–Crippen MR) is 543 cm³/mol. The van der Waals surface area contributed by atoms with Crippen molar-refractivity contribution in [1.29, 1.82) is 5.26 Å². The molecular weight excluding hydrogens is 1950 g/mol. The molecule has 0 saturated carbocycles. The highest BCUT2D eigenvalue weighted by molar-refractivity contribution is 9.09. The second kappa shape index (κ2) is 50.2. The summed E-state index contributed by atoms with van der Waals surface area (Å²) in [6.07, 6.45) is 0. The van der Waals surface area contributed by atoms with Crippen molar-refractivity contribution < 1.29 is 98.3 Å². The minimum atomic E-state index is -4.02. The summed E-state index contributed by atoms with van der Waals surface area (Å²) in [7, 11) is -6.45. The van der Waals surface area contributed by atoms with E-state index in [9.17, 15) is 48.4 Å². The third kappa shape index (κ3) is 29.9. The Bertz CT molecular complexity index is 6770. The van der Waals surface area contributed by atoms with Crippen molar-refractivity contribution in [1.82, 2.24) is 15.0 Å². The molecule has 26 nitrogen and oxygen atoms in total. The summed E-state index contributed by atoms with van der Waals surface area (Å²) in [5, 5.41) is 24.6. The summed E-state index contributed by atoms with van der Waals surface area (Å²) < 4.78 is 160. The monoisotopic (exact) mass is 2060 g/mol. The van der Waals surface area contributed by atoms with Gasteiger partial charge in [0, 0.05) is 66.2 Å². The average molecular weight is 2070 g/mol. The standard InChI is InChI=1S/C20H21NO4S2.C19H21BrO5S.C19H22O5S.C17H20O4S.C15H16N2O2S.C13H15NO2S/c1-13(2)16-9-19(24-4)17(18-11-26-12-21-18)10-20(16)25-27(22,23)15-7-5-14(3)6-8-15;1-12(2)15-9-18(24-4)16(17(21)11-20)10-19(15)25-26(22,23)14-7-5-13(3)6-8-14;1-12(2)16-10-18(23-5)17(14(4)20)11-19(16)24-25(21,22)15-8-6-13(3)7-9-15;1-12(2)16-11-14(20-4)7-10-17(16)21-22(18,19)15-8-5-13(3)6-9-15;1-10(2)11-6-14(18-3)12(13-8-20-9-17-13)7-15(11)19-5-4-16;1-8(2)9-5-13(16-3)10(4-12(9)15)11-6-17-7-14-11/h5-13H,1-4H3;5-10,12H,11H2,1-4H3;6-12H,1-5H3;5-12H,1-4H3;6-10H,5H2,1-3H3;4-8,15H,1-3H3. The molecule has 0 fully saturated rings. The van der Waals surface area contributed by atoms with Gasteiger partial charge in [0.1, 0.15) is 94.6 Å². The fraction of sp³-hybridized carbons (Fsp3) is 0.301. The van der Waals surface area contributed by atoms with Crippen LogP contribution in [0.5, 0.6) is 69.0 Å². The minimum Gasteiger partial charge on any atom is -0.508 e. The Morgan fingerprint density at radius 2 is 0.642 bits per heavy atom. The molecule has 0 spiro atoms. The zero-order chi connectivity index (χ0) is 101. The van der Waals surface area contributed by atoms with Gasteiger partial charge in [0.15, 0.2) is 18.2 Å². The van der Waals surface area contributed by atoms with Crippen molar-refractivity contribution >= 4 is 102 Å². The molecule has 0 amide bonds. The molecule has 3 aromatic heterocycles. The third-order valence-electron chi connectivity index (χ3n) is 20.9. The van der Waals surface area contributed by atoms with E-state index >= 15 is 0 Å². The number of nitriles is 1. The molecule has 0 aliphatic carbocycles. The van der Waals surface area contributed by atoms with Crippen LogP contribution in [0.2, 0.25) is 0 Å². The summed E-state index contributed by atoms with van der Waals surface area (Å²) in [5.41, 5.74) is 19.2. The maximum atomic E-state index is 12.8. The number of benzene rings is 10. The molecule has 13 rings (SSSR count). The quantitative estimate of drug-likeness (QED) is 0.0232. The molecule has 1 N–H and O–H groups in total. The number of halogens is 1. The number of methoxy groups -OCH3 is 6. The fourth-order valence-electron chi connectivity index (χ4n) is 13.3. The van der Waals surface area contributed by atoms with Gasteiger partial charge in [-0.05, 0) is 198 Å². The average Bonchev–Trinajstić information content (AvgIpc) is 1.28. The number of aryl methyl sites for hydroxylation is 4.